The van der Waals surface area contributed by atoms with E-state index < -0.39 is 0 Å². The van der Waals surface area contributed by atoms with Crippen LogP contribution >= 0.6 is 0 Å². The van der Waals surface area contributed by atoms with Crippen molar-refractivity contribution >= 4 is 17.5 Å². The Bertz CT molecular complexity index is 701. The summed E-state index contributed by atoms with van der Waals surface area (Å²) in [5.74, 6) is -0.275. The highest BCUT2D eigenvalue weighted by atomic mass is 16.2. The Morgan fingerprint density at radius 3 is 2.52 bits per heavy atom. The topological polar surface area (TPSA) is 70.2 Å². The molecule has 132 valence electrons. The number of carbonyl (C=O) groups excluding carboxylic acids is 2. The number of rotatable bonds is 8. The molecule has 0 bridgehead atoms. The first kappa shape index (κ1) is 18.7. The van der Waals surface area contributed by atoms with Crippen LogP contribution < -0.4 is 16.0 Å². The van der Waals surface area contributed by atoms with Gasteiger partial charge in [0.15, 0.2) is 0 Å². The summed E-state index contributed by atoms with van der Waals surface area (Å²) in [6.45, 7) is 4.85. The Kier molecular flexibility index (Phi) is 7.16. The summed E-state index contributed by atoms with van der Waals surface area (Å²) < 4.78 is 0. The molecule has 0 aromatic heterocycles. The van der Waals surface area contributed by atoms with Gasteiger partial charge in [-0.05, 0) is 37.1 Å². The smallest absolute Gasteiger partial charge is 0.251 e. The summed E-state index contributed by atoms with van der Waals surface area (Å²) in [6, 6.07) is 17.0. The monoisotopic (exact) mass is 339 g/mol. The van der Waals surface area contributed by atoms with Crippen molar-refractivity contribution in [2.75, 3.05) is 18.4 Å². The summed E-state index contributed by atoms with van der Waals surface area (Å²) >= 11 is 0. The van der Waals surface area contributed by atoms with Crippen LogP contribution in [0.4, 0.5) is 5.69 Å². The molecular weight excluding hydrogens is 314 g/mol. The molecule has 0 saturated heterocycles. The summed E-state index contributed by atoms with van der Waals surface area (Å²) in [7, 11) is 0. The van der Waals surface area contributed by atoms with Gasteiger partial charge in [-0.1, -0.05) is 43.3 Å². The van der Waals surface area contributed by atoms with Crippen molar-refractivity contribution in [2.24, 2.45) is 0 Å². The van der Waals surface area contributed by atoms with Gasteiger partial charge in [-0.15, -0.1) is 0 Å². The number of amides is 2. The van der Waals surface area contributed by atoms with E-state index in [1.807, 2.05) is 44.2 Å². The van der Waals surface area contributed by atoms with Crippen molar-refractivity contribution in [2.45, 2.75) is 26.3 Å². The summed E-state index contributed by atoms with van der Waals surface area (Å²) in [5, 5.41) is 8.83. The molecule has 3 N–H and O–H groups in total. The number of hydrogen-bond donors (Lipinski definition) is 3. The number of benzene rings is 2. The van der Waals surface area contributed by atoms with Crippen molar-refractivity contribution in [1.82, 2.24) is 10.6 Å². The van der Waals surface area contributed by atoms with Gasteiger partial charge in [-0.25, -0.2) is 0 Å². The minimum atomic E-state index is -0.145. The zero-order chi connectivity index (χ0) is 18.1. The maximum absolute atomic E-state index is 12.1. The highest BCUT2D eigenvalue weighted by molar-refractivity contribution is 5.97. The second-order valence-corrected chi connectivity index (χ2v) is 5.90. The van der Waals surface area contributed by atoms with E-state index in [1.165, 1.54) is 0 Å². The van der Waals surface area contributed by atoms with Crippen LogP contribution in [0.1, 0.15) is 42.2 Å². The molecule has 2 aromatic rings. The maximum Gasteiger partial charge on any atom is 0.251 e. The average Bonchev–Trinajstić information content (AvgIpc) is 2.65. The summed E-state index contributed by atoms with van der Waals surface area (Å²) in [4.78, 5) is 24.1. The molecule has 0 aliphatic carbocycles. The molecule has 25 heavy (non-hydrogen) atoms. The lowest BCUT2D eigenvalue weighted by molar-refractivity contribution is -0.115. The molecule has 2 rings (SSSR count). The largest absolute Gasteiger partial charge is 0.352 e. The Labute approximate surface area is 148 Å². The van der Waals surface area contributed by atoms with Gasteiger partial charge in [0, 0.05) is 23.8 Å². The van der Waals surface area contributed by atoms with Gasteiger partial charge in [0.25, 0.3) is 5.91 Å². The zero-order valence-electron chi connectivity index (χ0n) is 14.7. The van der Waals surface area contributed by atoms with Gasteiger partial charge < -0.3 is 16.0 Å². The van der Waals surface area contributed by atoms with Crippen molar-refractivity contribution in [1.29, 1.82) is 0 Å². The lowest BCUT2D eigenvalue weighted by atomic mass is 10.1. The number of nitrogens with one attached hydrogen (secondary N) is 3. The third kappa shape index (κ3) is 6.04. The van der Waals surface area contributed by atoms with Crippen LogP contribution in [0, 0.1) is 0 Å². The molecule has 0 saturated carbocycles. The van der Waals surface area contributed by atoms with E-state index in [0.717, 1.165) is 12.0 Å². The molecule has 0 heterocycles. The second kappa shape index (κ2) is 9.59. The lowest BCUT2D eigenvalue weighted by Gasteiger charge is -2.14. The van der Waals surface area contributed by atoms with Crippen molar-refractivity contribution in [3.8, 4) is 0 Å². The summed E-state index contributed by atoms with van der Waals surface area (Å²) in [6.07, 6.45) is 0.882. The fourth-order valence-electron chi connectivity index (χ4n) is 2.39. The molecule has 2 aromatic carbocycles. The number of anilines is 1. The third-order valence-electron chi connectivity index (χ3n) is 3.81. The molecular formula is C20H25N3O2. The van der Waals surface area contributed by atoms with Crippen molar-refractivity contribution < 1.29 is 9.59 Å². The van der Waals surface area contributed by atoms with E-state index in [9.17, 15) is 9.59 Å². The molecule has 0 radical (unpaired) electrons. The van der Waals surface area contributed by atoms with Gasteiger partial charge in [-0.3, -0.25) is 9.59 Å². The van der Waals surface area contributed by atoms with Gasteiger partial charge in [0.2, 0.25) is 5.91 Å². The van der Waals surface area contributed by atoms with E-state index in [-0.39, 0.29) is 24.4 Å². The fourth-order valence-corrected chi connectivity index (χ4v) is 2.39. The van der Waals surface area contributed by atoms with Crippen LogP contribution in [0.5, 0.6) is 0 Å². The van der Waals surface area contributed by atoms with Crippen LogP contribution in [-0.4, -0.2) is 24.9 Å². The Hall–Kier alpha value is -2.66. The van der Waals surface area contributed by atoms with Gasteiger partial charge in [-0.2, -0.15) is 0 Å². The molecule has 0 aliphatic rings. The molecule has 0 fully saturated rings. The quantitative estimate of drug-likeness (QED) is 0.692. The highest BCUT2D eigenvalue weighted by Crippen LogP contribution is 2.12. The number of hydrogen-bond acceptors (Lipinski definition) is 3. The Balaban J connectivity index is 1.87. The van der Waals surface area contributed by atoms with Crippen molar-refractivity contribution in [3.63, 3.8) is 0 Å². The van der Waals surface area contributed by atoms with Gasteiger partial charge in [0.05, 0.1) is 6.54 Å². The maximum atomic E-state index is 12.1. The zero-order valence-corrected chi connectivity index (χ0v) is 14.7. The van der Waals surface area contributed by atoms with Gasteiger partial charge >= 0.3 is 0 Å². The van der Waals surface area contributed by atoms with Crippen LogP contribution in [0.15, 0.2) is 54.6 Å². The first-order valence-corrected chi connectivity index (χ1v) is 8.56. The first-order chi connectivity index (χ1) is 12.1. The molecule has 2 amide bonds. The second-order valence-electron chi connectivity index (χ2n) is 5.90. The molecule has 1 atom stereocenters. The molecule has 5 heteroatoms. The third-order valence-corrected chi connectivity index (χ3v) is 3.81. The van der Waals surface area contributed by atoms with E-state index >= 15 is 0 Å². The SMILES string of the molecule is CCCNC(=O)c1cccc(NC(=O)CNC(C)c2ccccc2)c1. The van der Waals surface area contributed by atoms with E-state index in [2.05, 4.69) is 16.0 Å². The molecule has 0 aliphatic heterocycles. The van der Waals surface area contributed by atoms with Gasteiger partial charge in [0.1, 0.15) is 0 Å². The first-order valence-electron chi connectivity index (χ1n) is 8.56. The van der Waals surface area contributed by atoms with Crippen LogP contribution in [0.2, 0.25) is 0 Å². The number of carbonyl (C=O) groups is 2. The standard InChI is InChI=1S/C20H25N3O2/c1-3-12-21-20(25)17-10-7-11-18(13-17)23-19(24)14-22-15(2)16-8-5-4-6-9-16/h4-11,13,15,22H,3,12,14H2,1-2H3,(H,21,25)(H,23,24). The predicted octanol–water partition coefficient (Wildman–Crippen LogP) is 3.12. The van der Waals surface area contributed by atoms with E-state index in [1.54, 1.807) is 24.3 Å². The minimum absolute atomic E-state index is 0.0816. The van der Waals surface area contributed by atoms with Crippen LogP contribution in [0.25, 0.3) is 0 Å². The van der Waals surface area contributed by atoms with Crippen LogP contribution in [0.3, 0.4) is 0 Å². The lowest BCUT2D eigenvalue weighted by Crippen LogP contribution is -2.30. The molecule has 1 unspecified atom stereocenters. The summed E-state index contributed by atoms with van der Waals surface area (Å²) in [5.41, 5.74) is 2.28. The van der Waals surface area contributed by atoms with E-state index in [4.69, 9.17) is 0 Å². The molecule has 0 spiro atoms. The normalized spacial score (nSPS) is 11.6. The van der Waals surface area contributed by atoms with Crippen LogP contribution in [-0.2, 0) is 4.79 Å². The Morgan fingerprint density at radius 1 is 1.04 bits per heavy atom. The fraction of sp³-hybridized carbons (Fsp3) is 0.300. The Morgan fingerprint density at radius 2 is 1.80 bits per heavy atom. The predicted molar refractivity (Wildman–Crippen MR) is 101 cm³/mol. The molecule has 5 nitrogen and oxygen atoms in total. The van der Waals surface area contributed by atoms with Crippen molar-refractivity contribution in [3.05, 3.63) is 65.7 Å². The average molecular weight is 339 g/mol. The minimum Gasteiger partial charge on any atom is -0.352 e. The van der Waals surface area contributed by atoms with E-state index in [0.29, 0.717) is 17.8 Å². The highest BCUT2D eigenvalue weighted by Gasteiger charge is 2.09.